The monoisotopic (exact) mass is 580 g/mol. The second-order valence-electron chi connectivity index (χ2n) is 9.63. The molecule has 0 unspecified atom stereocenters. The van der Waals surface area contributed by atoms with Crippen molar-refractivity contribution < 1.29 is 22.3 Å². The molecule has 0 N–H and O–H groups in total. The molecule has 1 aliphatic rings. The molecule has 3 aromatic carbocycles. The number of aryl methyl sites for hydroxylation is 3. The lowest BCUT2D eigenvalue weighted by Crippen LogP contribution is -2.40. The number of sulfonamides is 1. The quantitative estimate of drug-likeness (QED) is 0.214. The van der Waals surface area contributed by atoms with E-state index in [0.29, 0.717) is 41.0 Å². The zero-order chi connectivity index (χ0) is 28.4. The summed E-state index contributed by atoms with van der Waals surface area (Å²) in [6.45, 7) is 7.17. The molecule has 8 nitrogen and oxygen atoms in total. The summed E-state index contributed by atoms with van der Waals surface area (Å²) in [6, 6.07) is 16.3. The summed E-state index contributed by atoms with van der Waals surface area (Å²) in [5.41, 5.74) is 4.84. The highest BCUT2D eigenvalue weighted by Crippen LogP contribution is 2.31. The molecular weight excluding hydrogens is 551 g/mol. The Labute approximate surface area is 237 Å². The van der Waals surface area contributed by atoms with Crippen molar-refractivity contribution in [3.63, 3.8) is 0 Å². The Balaban J connectivity index is 1.50. The van der Waals surface area contributed by atoms with E-state index in [1.165, 1.54) is 28.2 Å². The van der Waals surface area contributed by atoms with E-state index in [1.807, 2.05) is 32.9 Å². The van der Waals surface area contributed by atoms with Gasteiger partial charge in [-0.2, -0.15) is 4.31 Å². The van der Waals surface area contributed by atoms with Crippen molar-refractivity contribution in [3.8, 4) is 17.1 Å². The maximum Gasteiger partial charge on any atom is 0.243 e. The van der Waals surface area contributed by atoms with E-state index in [2.05, 4.69) is 10.2 Å². The Morgan fingerprint density at radius 3 is 2.38 bits per heavy atom. The molecule has 0 amide bonds. The number of hydrogen-bond donors (Lipinski definition) is 0. The lowest BCUT2D eigenvalue weighted by atomic mass is 9.99. The highest BCUT2D eigenvalue weighted by atomic mass is 32.2. The first-order valence-electron chi connectivity index (χ1n) is 12.8. The summed E-state index contributed by atoms with van der Waals surface area (Å²) in [6.07, 6.45) is 0. The maximum absolute atomic E-state index is 13.8. The number of benzene rings is 3. The van der Waals surface area contributed by atoms with Gasteiger partial charge in [0.05, 0.1) is 23.9 Å². The van der Waals surface area contributed by atoms with Crippen LogP contribution in [0.15, 0.2) is 70.7 Å². The normalized spacial score (nSPS) is 14.4. The summed E-state index contributed by atoms with van der Waals surface area (Å²) in [7, 11) is -3.74. The van der Waals surface area contributed by atoms with Crippen LogP contribution in [0.4, 0.5) is 4.39 Å². The van der Waals surface area contributed by atoms with E-state index in [9.17, 15) is 17.6 Å². The number of aromatic nitrogens is 3. The molecule has 0 spiro atoms. The molecule has 5 rings (SSSR count). The average Bonchev–Trinajstić information content (AvgIpc) is 3.38. The summed E-state index contributed by atoms with van der Waals surface area (Å²) in [5.74, 6) is 0.0580. The van der Waals surface area contributed by atoms with Crippen LogP contribution < -0.4 is 0 Å². The largest absolute Gasteiger partial charge is 0.379 e. The third-order valence-corrected chi connectivity index (χ3v) is 9.72. The number of ketones is 1. The lowest BCUT2D eigenvalue weighted by molar-refractivity contribution is 0.0730. The molecular formula is C29H29FN4O4S2. The molecule has 0 atom stereocenters. The number of nitrogens with zero attached hydrogens (tertiary/aromatic N) is 4. The van der Waals surface area contributed by atoms with Gasteiger partial charge in [-0.1, -0.05) is 30.0 Å². The van der Waals surface area contributed by atoms with Crippen LogP contribution in [0.2, 0.25) is 0 Å². The number of rotatable bonds is 8. The first-order valence-corrected chi connectivity index (χ1v) is 15.2. The van der Waals surface area contributed by atoms with Crippen molar-refractivity contribution in [1.29, 1.82) is 0 Å². The zero-order valence-corrected chi connectivity index (χ0v) is 24.1. The molecule has 1 aliphatic heterocycles. The average molecular weight is 581 g/mol. The number of halogens is 1. The van der Waals surface area contributed by atoms with Gasteiger partial charge in [0.15, 0.2) is 16.8 Å². The Bertz CT molecular complexity index is 1660. The molecule has 2 heterocycles. The number of thioether (sulfide) groups is 1. The molecule has 4 aromatic rings. The van der Waals surface area contributed by atoms with E-state index in [4.69, 9.17) is 4.74 Å². The van der Waals surface area contributed by atoms with Crippen molar-refractivity contribution in [3.05, 3.63) is 88.7 Å². The molecule has 40 heavy (non-hydrogen) atoms. The fraction of sp³-hybridized carbons (Fsp3) is 0.276. The van der Waals surface area contributed by atoms with Crippen LogP contribution in [-0.4, -0.2) is 65.3 Å². The van der Waals surface area contributed by atoms with Crippen LogP contribution in [0.5, 0.6) is 0 Å². The van der Waals surface area contributed by atoms with Gasteiger partial charge in [0.1, 0.15) is 5.82 Å². The van der Waals surface area contributed by atoms with Crippen LogP contribution >= 0.6 is 11.8 Å². The number of ether oxygens (including phenoxy) is 1. The van der Waals surface area contributed by atoms with Crippen LogP contribution in [0.3, 0.4) is 0 Å². The fourth-order valence-electron chi connectivity index (χ4n) is 4.57. The van der Waals surface area contributed by atoms with Crippen molar-refractivity contribution in [1.82, 2.24) is 19.1 Å². The Hall–Kier alpha value is -3.38. The van der Waals surface area contributed by atoms with Gasteiger partial charge in [-0.15, -0.1) is 10.2 Å². The minimum absolute atomic E-state index is 0.0422. The van der Waals surface area contributed by atoms with Crippen LogP contribution in [0.25, 0.3) is 17.1 Å². The fourth-order valence-corrected chi connectivity index (χ4v) is 6.86. The summed E-state index contributed by atoms with van der Waals surface area (Å²) in [4.78, 5) is 13.3. The molecule has 0 aliphatic carbocycles. The number of carbonyl (C=O) groups excluding carboxylic acids is 1. The Morgan fingerprint density at radius 2 is 1.65 bits per heavy atom. The molecule has 0 saturated carbocycles. The molecule has 0 radical (unpaired) electrons. The maximum atomic E-state index is 13.8. The smallest absolute Gasteiger partial charge is 0.243 e. The highest BCUT2D eigenvalue weighted by molar-refractivity contribution is 7.99. The summed E-state index contributed by atoms with van der Waals surface area (Å²) in [5, 5.41) is 9.15. The van der Waals surface area contributed by atoms with Gasteiger partial charge in [-0.05, 0) is 79.9 Å². The van der Waals surface area contributed by atoms with Gasteiger partial charge in [0, 0.05) is 29.9 Å². The lowest BCUT2D eigenvalue weighted by Gasteiger charge is -2.26. The van der Waals surface area contributed by atoms with E-state index < -0.39 is 15.8 Å². The first-order chi connectivity index (χ1) is 19.1. The van der Waals surface area contributed by atoms with Crippen molar-refractivity contribution in [2.75, 3.05) is 32.1 Å². The third kappa shape index (κ3) is 5.73. The van der Waals surface area contributed by atoms with E-state index in [1.54, 1.807) is 41.0 Å². The Morgan fingerprint density at radius 1 is 0.950 bits per heavy atom. The minimum atomic E-state index is -3.74. The molecule has 1 aromatic heterocycles. The predicted molar refractivity (Wildman–Crippen MR) is 152 cm³/mol. The van der Waals surface area contributed by atoms with Gasteiger partial charge in [0.25, 0.3) is 0 Å². The minimum Gasteiger partial charge on any atom is -0.379 e. The predicted octanol–water partition coefficient (Wildman–Crippen LogP) is 4.99. The van der Waals surface area contributed by atoms with Gasteiger partial charge in [-0.25, -0.2) is 12.8 Å². The second-order valence-corrected chi connectivity index (χ2v) is 12.5. The SMILES string of the molecule is Cc1cc(C)c(C(=O)CSc2nnc(-c3cccc(S(=O)(=O)N4CCOCC4)c3)n2-c2ccc(F)cc2)cc1C. The van der Waals surface area contributed by atoms with Gasteiger partial charge >= 0.3 is 0 Å². The van der Waals surface area contributed by atoms with Crippen molar-refractivity contribution >= 4 is 27.6 Å². The van der Waals surface area contributed by atoms with Crippen LogP contribution in [-0.2, 0) is 14.8 Å². The first kappa shape index (κ1) is 28.2. The molecule has 1 saturated heterocycles. The molecule has 0 bridgehead atoms. The van der Waals surface area contributed by atoms with Gasteiger partial charge < -0.3 is 4.74 Å². The van der Waals surface area contributed by atoms with E-state index >= 15 is 0 Å². The van der Waals surface area contributed by atoms with Crippen LogP contribution in [0, 0.1) is 26.6 Å². The highest BCUT2D eigenvalue weighted by Gasteiger charge is 2.27. The summed E-state index contributed by atoms with van der Waals surface area (Å²) >= 11 is 1.22. The van der Waals surface area contributed by atoms with Crippen LogP contribution in [0.1, 0.15) is 27.0 Å². The molecule has 11 heteroatoms. The van der Waals surface area contributed by atoms with Gasteiger partial charge in [0.2, 0.25) is 10.0 Å². The Kier molecular flexibility index (Phi) is 8.18. The summed E-state index contributed by atoms with van der Waals surface area (Å²) < 4.78 is 48.8. The van der Waals surface area contributed by atoms with Crippen molar-refractivity contribution in [2.45, 2.75) is 30.8 Å². The van der Waals surface area contributed by atoms with Gasteiger partial charge in [-0.3, -0.25) is 9.36 Å². The topological polar surface area (TPSA) is 94.4 Å². The zero-order valence-electron chi connectivity index (χ0n) is 22.4. The molecule has 208 valence electrons. The number of morpholine rings is 1. The van der Waals surface area contributed by atoms with E-state index in [-0.39, 0.29) is 29.5 Å². The number of carbonyl (C=O) groups is 1. The molecule has 1 fully saturated rings. The number of hydrogen-bond acceptors (Lipinski definition) is 7. The van der Waals surface area contributed by atoms with Crippen molar-refractivity contribution in [2.24, 2.45) is 0 Å². The van der Waals surface area contributed by atoms with E-state index in [0.717, 1.165) is 16.7 Å². The third-order valence-electron chi connectivity index (χ3n) is 6.89. The standard InChI is InChI=1S/C29H29FN4O4S2/c1-19-15-21(3)26(16-20(19)2)27(35)18-39-29-32-31-28(34(29)24-9-7-23(30)8-10-24)22-5-4-6-25(17-22)40(36,37)33-11-13-38-14-12-33/h4-10,15-17H,11-14,18H2,1-3H3. The second kappa shape index (κ2) is 11.6. The number of Topliss-reactive ketones (excluding diaryl/α,β-unsaturated/α-hetero) is 1.